The van der Waals surface area contributed by atoms with Crippen molar-refractivity contribution in [2.45, 2.75) is 69.9 Å². The summed E-state index contributed by atoms with van der Waals surface area (Å²) in [6, 6.07) is 4.88. The maximum Gasteiger partial charge on any atom is 0.422 e. The largest absolute Gasteiger partial charge is 0.484 e. The number of carbonyl (C=O) groups is 1. The first-order chi connectivity index (χ1) is 14.1. The maximum atomic E-state index is 13.1. The molecule has 2 aliphatic carbocycles. The first-order valence-corrected chi connectivity index (χ1v) is 10.3. The molecular weight excluding hydrogens is 397 g/mol. The zero-order valence-corrected chi connectivity index (χ0v) is 17.1. The van der Waals surface area contributed by atoms with Crippen LogP contribution < -0.4 is 4.74 Å². The van der Waals surface area contributed by atoms with Gasteiger partial charge in [0.2, 0.25) is 5.89 Å². The fraction of sp³-hybridized carbons (Fsp3) is 0.591. The number of benzene rings is 1. The molecule has 1 aromatic heterocycles. The van der Waals surface area contributed by atoms with Crippen molar-refractivity contribution in [1.29, 1.82) is 0 Å². The van der Waals surface area contributed by atoms with Crippen LogP contribution in [0, 0.1) is 12.8 Å². The summed E-state index contributed by atoms with van der Waals surface area (Å²) in [5, 5.41) is 4.05. The molecule has 2 saturated carbocycles. The molecule has 0 unspecified atom stereocenters. The number of halogens is 3. The Morgan fingerprint density at radius 2 is 1.97 bits per heavy atom. The summed E-state index contributed by atoms with van der Waals surface area (Å²) < 4.78 is 48.2. The summed E-state index contributed by atoms with van der Waals surface area (Å²) in [6.07, 6.45) is 0.580. The van der Waals surface area contributed by atoms with Crippen LogP contribution in [0.5, 0.6) is 5.75 Å². The van der Waals surface area contributed by atoms with Gasteiger partial charge in [-0.1, -0.05) is 37.1 Å². The maximum absolute atomic E-state index is 13.1. The molecule has 1 aromatic carbocycles. The van der Waals surface area contributed by atoms with Gasteiger partial charge in [-0.2, -0.15) is 18.2 Å². The van der Waals surface area contributed by atoms with E-state index in [-0.39, 0.29) is 23.9 Å². The number of Topliss-reactive ketones (excluding diaryl/α,β-unsaturated/α-hetero) is 1. The molecule has 0 saturated heterocycles. The van der Waals surface area contributed by atoms with Crippen LogP contribution in [0.3, 0.4) is 0 Å². The molecule has 2 fully saturated rings. The molecule has 1 heterocycles. The number of hydrogen-bond donors (Lipinski definition) is 0. The van der Waals surface area contributed by atoms with Gasteiger partial charge in [0.05, 0.1) is 0 Å². The van der Waals surface area contributed by atoms with Crippen LogP contribution in [0.4, 0.5) is 13.2 Å². The molecule has 30 heavy (non-hydrogen) atoms. The van der Waals surface area contributed by atoms with Crippen LogP contribution >= 0.6 is 0 Å². The quantitative estimate of drug-likeness (QED) is 0.497. The standard InChI is InChI=1S/C22H25F3N2O3/c1-13-26-20(27-30-13)21(2,10-14-3-4-14)11-18(28)16-7-8-17(15-5-6-15)19(9-16)29-12-22(23,24)25/h7-9,14-15H,3-6,10-12H2,1-2H3/t21-/m1/s1. The van der Waals surface area contributed by atoms with Crippen molar-refractivity contribution in [2.75, 3.05) is 6.61 Å². The molecule has 162 valence electrons. The smallest absolute Gasteiger partial charge is 0.422 e. The molecule has 8 heteroatoms. The van der Waals surface area contributed by atoms with Crippen molar-refractivity contribution in [3.8, 4) is 5.75 Å². The highest BCUT2D eigenvalue weighted by Crippen LogP contribution is 2.46. The van der Waals surface area contributed by atoms with Crippen LogP contribution in [0.2, 0.25) is 0 Å². The van der Waals surface area contributed by atoms with E-state index in [1.54, 1.807) is 19.1 Å². The van der Waals surface area contributed by atoms with Gasteiger partial charge in [0, 0.05) is 24.3 Å². The van der Waals surface area contributed by atoms with E-state index < -0.39 is 18.2 Å². The number of carbonyl (C=O) groups excluding carboxylic acids is 1. The Labute approximate surface area is 173 Å². The Bertz CT molecular complexity index is 932. The number of ketones is 1. The van der Waals surface area contributed by atoms with Crippen molar-refractivity contribution in [2.24, 2.45) is 5.92 Å². The minimum atomic E-state index is -4.43. The molecule has 0 amide bonds. The van der Waals surface area contributed by atoms with Gasteiger partial charge in [-0.3, -0.25) is 4.79 Å². The third-order valence-corrected chi connectivity index (χ3v) is 5.80. The van der Waals surface area contributed by atoms with Crippen molar-refractivity contribution in [3.05, 3.63) is 41.0 Å². The van der Waals surface area contributed by atoms with E-state index >= 15 is 0 Å². The van der Waals surface area contributed by atoms with Gasteiger partial charge < -0.3 is 9.26 Å². The van der Waals surface area contributed by atoms with Crippen LogP contribution in [-0.2, 0) is 5.41 Å². The SMILES string of the molecule is Cc1nc([C@@](C)(CC(=O)c2ccc(C3CC3)c(OCC(F)(F)F)c2)CC2CC2)no1. The number of alkyl halides is 3. The van der Waals surface area contributed by atoms with Crippen molar-refractivity contribution >= 4 is 5.78 Å². The molecule has 0 bridgehead atoms. The molecule has 0 aliphatic heterocycles. The minimum absolute atomic E-state index is 0.153. The molecule has 5 nitrogen and oxygen atoms in total. The summed E-state index contributed by atoms with van der Waals surface area (Å²) in [6.45, 7) is 2.29. The highest BCUT2D eigenvalue weighted by atomic mass is 19.4. The van der Waals surface area contributed by atoms with Crippen LogP contribution in [0.25, 0.3) is 0 Å². The lowest BCUT2D eigenvalue weighted by Crippen LogP contribution is -2.28. The summed E-state index contributed by atoms with van der Waals surface area (Å²) in [5.74, 6) is 1.67. The Morgan fingerprint density at radius 3 is 2.53 bits per heavy atom. The van der Waals surface area contributed by atoms with Crippen molar-refractivity contribution in [3.63, 3.8) is 0 Å². The van der Waals surface area contributed by atoms with Gasteiger partial charge in [-0.15, -0.1) is 0 Å². The van der Waals surface area contributed by atoms with Crippen LogP contribution in [0.1, 0.15) is 79.0 Å². The van der Waals surface area contributed by atoms with Gasteiger partial charge in [0.1, 0.15) is 5.75 Å². The van der Waals surface area contributed by atoms with E-state index in [0.717, 1.165) is 37.7 Å². The summed E-state index contributed by atoms with van der Waals surface area (Å²) in [4.78, 5) is 17.5. The van der Waals surface area contributed by atoms with E-state index in [1.807, 2.05) is 6.92 Å². The Balaban J connectivity index is 1.56. The van der Waals surface area contributed by atoms with E-state index in [1.165, 1.54) is 6.07 Å². The van der Waals surface area contributed by atoms with E-state index in [9.17, 15) is 18.0 Å². The van der Waals surface area contributed by atoms with Crippen LogP contribution in [0.15, 0.2) is 22.7 Å². The topological polar surface area (TPSA) is 65.2 Å². The van der Waals surface area contributed by atoms with Crippen molar-refractivity contribution < 1.29 is 27.2 Å². The van der Waals surface area contributed by atoms with Crippen molar-refractivity contribution in [1.82, 2.24) is 10.1 Å². The second-order valence-corrected chi connectivity index (χ2v) is 8.88. The second-order valence-electron chi connectivity index (χ2n) is 8.88. The lowest BCUT2D eigenvalue weighted by molar-refractivity contribution is -0.153. The first-order valence-electron chi connectivity index (χ1n) is 10.3. The summed E-state index contributed by atoms with van der Waals surface area (Å²) >= 11 is 0. The molecule has 4 rings (SSSR count). The fourth-order valence-corrected chi connectivity index (χ4v) is 3.93. The first kappa shape index (κ1) is 20.9. The van der Waals surface area contributed by atoms with Crippen LogP contribution in [-0.4, -0.2) is 28.7 Å². The van der Waals surface area contributed by atoms with E-state index in [4.69, 9.17) is 9.26 Å². The highest BCUT2D eigenvalue weighted by Gasteiger charge is 2.40. The Morgan fingerprint density at radius 1 is 1.23 bits per heavy atom. The average molecular weight is 422 g/mol. The third kappa shape index (κ3) is 5.02. The number of nitrogens with zero attached hydrogens (tertiary/aromatic N) is 2. The number of aromatic nitrogens is 2. The lowest BCUT2D eigenvalue weighted by atomic mass is 9.78. The minimum Gasteiger partial charge on any atom is -0.484 e. The third-order valence-electron chi connectivity index (χ3n) is 5.80. The zero-order valence-electron chi connectivity index (χ0n) is 17.1. The molecule has 0 radical (unpaired) electrons. The number of rotatable bonds is 9. The monoisotopic (exact) mass is 422 g/mol. The molecule has 0 spiro atoms. The summed E-state index contributed by atoms with van der Waals surface area (Å²) in [7, 11) is 0. The Hall–Kier alpha value is -2.38. The summed E-state index contributed by atoms with van der Waals surface area (Å²) in [5.41, 5.74) is 0.502. The predicted octanol–water partition coefficient (Wildman–Crippen LogP) is 5.53. The molecular formula is C22H25F3N2O3. The van der Waals surface area contributed by atoms with Gasteiger partial charge >= 0.3 is 6.18 Å². The molecule has 2 aromatic rings. The zero-order chi connectivity index (χ0) is 21.5. The van der Waals surface area contributed by atoms with E-state index in [0.29, 0.717) is 23.2 Å². The molecule has 2 aliphatic rings. The van der Waals surface area contributed by atoms with Gasteiger partial charge in [-0.05, 0) is 42.7 Å². The van der Waals surface area contributed by atoms with Gasteiger partial charge in [-0.25, -0.2) is 0 Å². The molecule has 0 N–H and O–H groups in total. The van der Waals surface area contributed by atoms with E-state index in [2.05, 4.69) is 10.1 Å². The normalized spacial score (nSPS) is 18.8. The Kier molecular flexibility index (Phi) is 5.36. The lowest BCUT2D eigenvalue weighted by Gasteiger charge is -2.25. The van der Waals surface area contributed by atoms with Gasteiger partial charge in [0.15, 0.2) is 18.2 Å². The highest BCUT2D eigenvalue weighted by molar-refractivity contribution is 5.97. The average Bonchev–Trinajstić information content (AvgIpc) is 3.59. The fourth-order valence-electron chi connectivity index (χ4n) is 3.93. The molecule has 1 atom stereocenters. The van der Waals surface area contributed by atoms with Gasteiger partial charge in [0.25, 0.3) is 0 Å². The number of aryl methyl sites for hydroxylation is 1. The number of hydrogen-bond acceptors (Lipinski definition) is 5. The number of ether oxygens (including phenoxy) is 1. The predicted molar refractivity (Wildman–Crippen MR) is 103 cm³/mol. The second kappa shape index (κ2) is 7.71.